The molecule has 1 aromatic rings. The van der Waals surface area contributed by atoms with Crippen molar-refractivity contribution in [1.29, 1.82) is 0 Å². The highest BCUT2D eigenvalue weighted by atomic mass is 127. The molecule has 1 spiro atoms. The van der Waals surface area contributed by atoms with Gasteiger partial charge in [-0.25, -0.2) is 4.39 Å². The van der Waals surface area contributed by atoms with E-state index in [9.17, 15) is 9.50 Å². The Morgan fingerprint density at radius 1 is 1.35 bits per heavy atom. The van der Waals surface area contributed by atoms with E-state index in [1.807, 2.05) is 0 Å². The third kappa shape index (κ3) is 2.88. The van der Waals surface area contributed by atoms with Gasteiger partial charge in [0.2, 0.25) is 0 Å². The van der Waals surface area contributed by atoms with Gasteiger partial charge in [0.1, 0.15) is 5.82 Å². The molecule has 2 fully saturated rings. The molecule has 4 heteroatoms. The Labute approximate surface area is 132 Å². The molecule has 2 aliphatic rings. The van der Waals surface area contributed by atoms with Crippen LogP contribution in [0.3, 0.4) is 0 Å². The fourth-order valence-electron chi connectivity index (χ4n) is 3.70. The number of hydrogen-bond donors (Lipinski definition) is 1. The van der Waals surface area contributed by atoms with Crippen molar-refractivity contribution in [2.45, 2.75) is 50.2 Å². The third-order valence-electron chi connectivity index (χ3n) is 4.77. The lowest BCUT2D eigenvalue weighted by molar-refractivity contribution is -0.113. The molecule has 1 aromatic carbocycles. The van der Waals surface area contributed by atoms with Crippen LogP contribution in [0.2, 0.25) is 0 Å². The van der Waals surface area contributed by atoms with E-state index in [2.05, 4.69) is 22.6 Å². The molecule has 1 heterocycles. The van der Waals surface area contributed by atoms with E-state index in [4.69, 9.17) is 4.74 Å². The average molecular weight is 390 g/mol. The topological polar surface area (TPSA) is 29.5 Å². The van der Waals surface area contributed by atoms with Gasteiger partial charge in [0, 0.05) is 10.2 Å². The first-order chi connectivity index (χ1) is 9.60. The Balaban J connectivity index is 1.77. The molecule has 1 saturated heterocycles. The van der Waals surface area contributed by atoms with Gasteiger partial charge in [-0.15, -0.1) is 0 Å². The fourth-order valence-corrected chi connectivity index (χ4v) is 4.49. The zero-order valence-electron chi connectivity index (χ0n) is 11.4. The molecule has 1 aliphatic heterocycles. The average Bonchev–Trinajstić information content (AvgIpc) is 2.86. The molecular formula is C16H20FIO2. The van der Waals surface area contributed by atoms with E-state index >= 15 is 0 Å². The van der Waals surface area contributed by atoms with E-state index in [0.717, 1.165) is 41.4 Å². The van der Waals surface area contributed by atoms with Crippen LogP contribution >= 0.6 is 22.6 Å². The summed E-state index contributed by atoms with van der Waals surface area (Å²) >= 11 is 2.11. The van der Waals surface area contributed by atoms with Crippen molar-refractivity contribution >= 4 is 22.6 Å². The van der Waals surface area contributed by atoms with Gasteiger partial charge in [-0.3, -0.25) is 0 Å². The van der Waals surface area contributed by atoms with Crippen LogP contribution in [-0.2, 0) is 4.74 Å². The Bertz CT molecular complexity index is 485. The Morgan fingerprint density at radius 2 is 2.10 bits per heavy atom. The van der Waals surface area contributed by atoms with Gasteiger partial charge in [-0.1, -0.05) is 18.9 Å². The van der Waals surface area contributed by atoms with Crippen molar-refractivity contribution in [3.63, 3.8) is 0 Å². The summed E-state index contributed by atoms with van der Waals surface area (Å²) in [5.41, 5.74) is 0.863. The predicted octanol–water partition coefficient (Wildman–Crippen LogP) is 4.20. The number of benzene rings is 1. The van der Waals surface area contributed by atoms with Crippen molar-refractivity contribution in [1.82, 2.24) is 0 Å². The highest BCUT2D eigenvalue weighted by Gasteiger charge is 2.42. The molecule has 3 rings (SSSR count). The largest absolute Gasteiger partial charge is 0.388 e. The van der Waals surface area contributed by atoms with E-state index in [-0.39, 0.29) is 17.3 Å². The first-order valence-electron chi connectivity index (χ1n) is 7.37. The Morgan fingerprint density at radius 3 is 2.80 bits per heavy atom. The van der Waals surface area contributed by atoms with Gasteiger partial charge < -0.3 is 9.84 Å². The van der Waals surface area contributed by atoms with Crippen molar-refractivity contribution in [2.75, 3.05) is 6.61 Å². The van der Waals surface area contributed by atoms with Crippen LogP contribution in [0, 0.1) is 15.3 Å². The molecule has 1 saturated carbocycles. The monoisotopic (exact) mass is 390 g/mol. The Kier molecular flexibility index (Phi) is 4.34. The molecule has 2 nitrogen and oxygen atoms in total. The van der Waals surface area contributed by atoms with Crippen LogP contribution in [0.1, 0.15) is 50.2 Å². The lowest BCUT2D eigenvalue weighted by Crippen LogP contribution is -2.39. The van der Waals surface area contributed by atoms with Crippen LogP contribution in [0.15, 0.2) is 18.2 Å². The molecule has 0 aromatic heterocycles. The standard InChI is InChI=1S/C16H20FIO2/c17-12-3-4-13(14(18)9-12)15(19)11-5-8-20-16(10-11)6-1-2-7-16/h3-4,9,11,15,19H,1-2,5-8,10H2. The molecule has 2 unspecified atom stereocenters. The van der Waals surface area contributed by atoms with E-state index in [1.165, 1.54) is 25.0 Å². The van der Waals surface area contributed by atoms with Gasteiger partial charge in [0.15, 0.2) is 0 Å². The number of ether oxygens (including phenoxy) is 1. The van der Waals surface area contributed by atoms with Crippen LogP contribution in [0.5, 0.6) is 0 Å². The Hall–Kier alpha value is -0.200. The summed E-state index contributed by atoms with van der Waals surface area (Å²) < 4.78 is 20.0. The molecule has 0 radical (unpaired) electrons. The maximum Gasteiger partial charge on any atom is 0.124 e. The van der Waals surface area contributed by atoms with E-state index < -0.39 is 6.10 Å². The molecule has 0 bridgehead atoms. The maximum atomic E-state index is 13.2. The number of aliphatic hydroxyl groups excluding tert-OH is 1. The second-order valence-electron chi connectivity index (χ2n) is 6.10. The quantitative estimate of drug-likeness (QED) is 0.767. The summed E-state index contributed by atoms with van der Waals surface area (Å²) in [6.45, 7) is 0.736. The van der Waals surface area contributed by atoms with E-state index in [0.29, 0.717) is 0 Å². The molecule has 20 heavy (non-hydrogen) atoms. The fraction of sp³-hybridized carbons (Fsp3) is 0.625. The van der Waals surface area contributed by atoms with Gasteiger partial charge in [0.25, 0.3) is 0 Å². The van der Waals surface area contributed by atoms with E-state index in [1.54, 1.807) is 6.07 Å². The summed E-state index contributed by atoms with van der Waals surface area (Å²) in [7, 11) is 0. The van der Waals surface area contributed by atoms with Crippen LogP contribution in [-0.4, -0.2) is 17.3 Å². The van der Waals surface area contributed by atoms with Gasteiger partial charge in [-0.05, 0) is 71.9 Å². The second kappa shape index (κ2) is 5.89. The maximum absolute atomic E-state index is 13.2. The molecule has 1 N–H and O–H groups in total. The highest BCUT2D eigenvalue weighted by molar-refractivity contribution is 14.1. The van der Waals surface area contributed by atoms with Gasteiger partial charge in [0.05, 0.1) is 11.7 Å². The minimum absolute atomic E-state index is 0.00929. The van der Waals surface area contributed by atoms with Crippen molar-refractivity contribution in [3.8, 4) is 0 Å². The van der Waals surface area contributed by atoms with Crippen LogP contribution < -0.4 is 0 Å². The van der Waals surface area contributed by atoms with Crippen LogP contribution in [0.25, 0.3) is 0 Å². The summed E-state index contributed by atoms with van der Waals surface area (Å²) in [5.74, 6) is -0.0228. The SMILES string of the molecule is OC(c1ccc(F)cc1I)C1CCOC2(CCCC2)C1. The minimum Gasteiger partial charge on any atom is -0.388 e. The van der Waals surface area contributed by atoms with Gasteiger partial charge >= 0.3 is 0 Å². The summed E-state index contributed by atoms with van der Waals surface area (Å²) in [6.07, 6.45) is 6.02. The first-order valence-corrected chi connectivity index (χ1v) is 8.44. The summed E-state index contributed by atoms with van der Waals surface area (Å²) in [4.78, 5) is 0. The number of rotatable bonds is 2. The molecular weight excluding hydrogens is 370 g/mol. The normalized spacial score (nSPS) is 26.9. The van der Waals surface area contributed by atoms with Crippen LogP contribution in [0.4, 0.5) is 4.39 Å². The molecule has 110 valence electrons. The number of aliphatic hydroxyl groups is 1. The highest BCUT2D eigenvalue weighted by Crippen LogP contribution is 2.45. The zero-order chi connectivity index (χ0) is 14.2. The summed E-state index contributed by atoms with van der Waals surface area (Å²) in [6, 6.07) is 4.65. The van der Waals surface area contributed by atoms with Gasteiger partial charge in [-0.2, -0.15) is 0 Å². The lowest BCUT2D eigenvalue weighted by Gasteiger charge is -2.40. The first kappa shape index (κ1) is 14.7. The van der Waals surface area contributed by atoms with Crippen molar-refractivity contribution < 1.29 is 14.2 Å². The minimum atomic E-state index is -0.510. The number of halogens is 2. The number of hydrogen-bond acceptors (Lipinski definition) is 2. The third-order valence-corrected chi connectivity index (χ3v) is 5.71. The lowest BCUT2D eigenvalue weighted by atomic mass is 9.80. The summed E-state index contributed by atoms with van der Waals surface area (Å²) in [5, 5.41) is 10.7. The zero-order valence-corrected chi connectivity index (χ0v) is 13.6. The molecule has 0 amide bonds. The van der Waals surface area contributed by atoms with Crippen molar-refractivity contribution in [3.05, 3.63) is 33.1 Å². The smallest absolute Gasteiger partial charge is 0.124 e. The second-order valence-corrected chi connectivity index (χ2v) is 7.26. The molecule has 1 aliphatic carbocycles. The molecule has 2 atom stereocenters. The predicted molar refractivity (Wildman–Crippen MR) is 84.0 cm³/mol. The van der Waals surface area contributed by atoms with Crippen molar-refractivity contribution in [2.24, 2.45) is 5.92 Å².